The van der Waals surface area contributed by atoms with Gasteiger partial charge >= 0.3 is 5.97 Å². The number of carbonyl (C=O) groups excluding carboxylic acids is 1. The molecule has 5 rings (SSSR count). The molecule has 0 radical (unpaired) electrons. The molecule has 0 N–H and O–H groups in total. The second-order valence-corrected chi connectivity index (χ2v) is 9.81. The zero-order valence-electron chi connectivity index (χ0n) is 20.8. The molecule has 1 aromatic carbocycles. The van der Waals surface area contributed by atoms with E-state index in [4.69, 9.17) is 14.8 Å². The first-order chi connectivity index (χ1) is 17.0. The van der Waals surface area contributed by atoms with Crippen LogP contribution in [-0.4, -0.2) is 56.8 Å². The molecule has 1 unspecified atom stereocenters. The minimum absolute atomic E-state index is 0.0665. The van der Waals surface area contributed by atoms with E-state index in [2.05, 4.69) is 24.1 Å². The molecule has 0 bridgehead atoms. The SMILES string of the molecule is CCOC(=O)CC1CCC(C2=Nc3c(-c4cnn(-c5ccccc5)c4)cnn3C(N(C)C)C2)CC1. The number of aliphatic imine (C=N–C) groups is 1. The maximum absolute atomic E-state index is 11.9. The average Bonchev–Trinajstić information content (AvgIpc) is 3.52. The van der Waals surface area contributed by atoms with Gasteiger partial charge in [-0.1, -0.05) is 18.2 Å². The van der Waals surface area contributed by atoms with Crippen molar-refractivity contribution in [2.45, 2.75) is 51.6 Å². The van der Waals surface area contributed by atoms with Crippen molar-refractivity contribution in [3.05, 3.63) is 48.9 Å². The second-order valence-electron chi connectivity index (χ2n) is 9.81. The number of benzene rings is 1. The molecule has 3 heterocycles. The molecular formula is C27H34N6O2. The van der Waals surface area contributed by atoms with Gasteiger partial charge in [0.1, 0.15) is 6.17 Å². The molecule has 8 nitrogen and oxygen atoms in total. The maximum Gasteiger partial charge on any atom is 0.306 e. The molecule has 1 atom stereocenters. The molecule has 8 heteroatoms. The molecule has 0 spiro atoms. The molecule has 0 amide bonds. The lowest BCUT2D eigenvalue weighted by molar-refractivity contribution is -0.144. The lowest BCUT2D eigenvalue weighted by Crippen LogP contribution is -2.34. The van der Waals surface area contributed by atoms with E-state index in [1.165, 1.54) is 5.71 Å². The van der Waals surface area contributed by atoms with Crippen molar-refractivity contribution >= 4 is 17.5 Å². The van der Waals surface area contributed by atoms with Crippen LogP contribution in [0.2, 0.25) is 0 Å². The van der Waals surface area contributed by atoms with Gasteiger partial charge in [0.2, 0.25) is 0 Å². The van der Waals surface area contributed by atoms with Gasteiger partial charge in [-0.15, -0.1) is 0 Å². The van der Waals surface area contributed by atoms with Crippen LogP contribution >= 0.6 is 0 Å². The Hall–Kier alpha value is -3.26. The molecule has 184 valence electrons. The lowest BCUT2D eigenvalue weighted by Gasteiger charge is -2.35. The Balaban J connectivity index is 1.38. The fourth-order valence-electron chi connectivity index (χ4n) is 5.34. The third kappa shape index (κ3) is 4.93. The fraction of sp³-hybridized carbons (Fsp3) is 0.481. The zero-order chi connectivity index (χ0) is 24.4. The molecule has 1 saturated carbocycles. The minimum Gasteiger partial charge on any atom is -0.466 e. The smallest absolute Gasteiger partial charge is 0.306 e. The van der Waals surface area contributed by atoms with Crippen molar-refractivity contribution in [1.29, 1.82) is 0 Å². The summed E-state index contributed by atoms with van der Waals surface area (Å²) in [6.07, 6.45) is 11.6. The summed E-state index contributed by atoms with van der Waals surface area (Å²) in [6.45, 7) is 2.32. The van der Waals surface area contributed by atoms with Crippen LogP contribution in [0.15, 0.2) is 53.9 Å². The first-order valence-electron chi connectivity index (χ1n) is 12.6. The highest BCUT2D eigenvalue weighted by atomic mass is 16.5. The summed E-state index contributed by atoms with van der Waals surface area (Å²) in [6, 6.07) is 10.1. The van der Waals surface area contributed by atoms with Gasteiger partial charge in [0, 0.05) is 35.9 Å². The quantitative estimate of drug-likeness (QED) is 0.449. The van der Waals surface area contributed by atoms with Crippen LogP contribution in [0.25, 0.3) is 16.8 Å². The summed E-state index contributed by atoms with van der Waals surface area (Å²) in [7, 11) is 4.20. The Bertz CT molecular complexity index is 1190. The van der Waals surface area contributed by atoms with Crippen LogP contribution in [0.3, 0.4) is 0 Å². The van der Waals surface area contributed by atoms with Crippen LogP contribution < -0.4 is 0 Å². The van der Waals surface area contributed by atoms with E-state index in [0.29, 0.717) is 24.9 Å². The summed E-state index contributed by atoms with van der Waals surface area (Å²) >= 11 is 0. The molecule has 1 fully saturated rings. The number of hydrogen-bond acceptors (Lipinski definition) is 6. The van der Waals surface area contributed by atoms with Gasteiger partial charge in [-0.3, -0.25) is 9.69 Å². The Morgan fingerprint density at radius 2 is 1.86 bits per heavy atom. The molecule has 2 aromatic heterocycles. The Morgan fingerprint density at radius 1 is 1.09 bits per heavy atom. The van der Waals surface area contributed by atoms with E-state index in [9.17, 15) is 4.79 Å². The van der Waals surface area contributed by atoms with Gasteiger partial charge in [-0.05, 0) is 70.7 Å². The molecule has 1 aliphatic carbocycles. The van der Waals surface area contributed by atoms with E-state index in [-0.39, 0.29) is 12.1 Å². The molecule has 1 aliphatic heterocycles. The number of aromatic nitrogens is 4. The highest BCUT2D eigenvalue weighted by Gasteiger charge is 2.33. The minimum atomic E-state index is -0.0665. The number of hydrogen-bond donors (Lipinski definition) is 0. The van der Waals surface area contributed by atoms with Crippen molar-refractivity contribution in [3.63, 3.8) is 0 Å². The molecule has 3 aromatic rings. The maximum atomic E-state index is 11.9. The first-order valence-corrected chi connectivity index (χ1v) is 12.6. The first kappa shape index (κ1) is 23.5. The summed E-state index contributed by atoms with van der Waals surface area (Å²) in [5.74, 6) is 1.71. The van der Waals surface area contributed by atoms with Crippen molar-refractivity contribution < 1.29 is 9.53 Å². The number of para-hydroxylation sites is 1. The van der Waals surface area contributed by atoms with Gasteiger partial charge in [0.05, 0.1) is 24.7 Å². The number of ether oxygens (including phenoxy) is 1. The van der Waals surface area contributed by atoms with Gasteiger partial charge in [0.25, 0.3) is 0 Å². The zero-order valence-corrected chi connectivity index (χ0v) is 20.8. The number of rotatable bonds is 7. The van der Waals surface area contributed by atoms with Crippen LogP contribution in [-0.2, 0) is 9.53 Å². The van der Waals surface area contributed by atoms with E-state index in [1.807, 2.05) is 65.2 Å². The summed E-state index contributed by atoms with van der Waals surface area (Å²) in [5, 5.41) is 9.32. The van der Waals surface area contributed by atoms with Crippen molar-refractivity contribution in [2.24, 2.45) is 16.8 Å². The van der Waals surface area contributed by atoms with Crippen LogP contribution in [0, 0.1) is 11.8 Å². The lowest BCUT2D eigenvalue weighted by atomic mass is 9.77. The molecule has 2 aliphatic rings. The Kier molecular flexibility index (Phi) is 6.81. The van der Waals surface area contributed by atoms with Crippen molar-refractivity contribution in [3.8, 4) is 16.8 Å². The van der Waals surface area contributed by atoms with Crippen LogP contribution in [0.4, 0.5) is 5.82 Å². The topological polar surface area (TPSA) is 77.5 Å². The van der Waals surface area contributed by atoms with E-state index < -0.39 is 0 Å². The second kappa shape index (κ2) is 10.2. The van der Waals surface area contributed by atoms with Gasteiger partial charge in [-0.2, -0.15) is 10.2 Å². The summed E-state index contributed by atoms with van der Waals surface area (Å²) in [5.41, 5.74) is 4.29. The predicted molar refractivity (Wildman–Crippen MR) is 136 cm³/mol. The highest BCUT2D eigenvalue weighted by Crippen LogP contribution is 2.41. The molecule has 0 saturated heterocycles. The van der Waals surface area contributed by atoms with E-state index in [1.54, 1.807) is 0 Å². The van der Waals surface area contributed by atoms with Gasteiger partial charge < -0.3 is 4.74 Å². The number of esters is 1. The Labute approximate surface area is 206 Å². The van der Waals surface area contributed by atoms with Gasteiger partial charge in [0.15, 0.2) is 5.82 Å². The average molecular weight is 475 g/mol. The summed E-state index contributed by atoms with van der Waals surface area (Å²) in [4.78, 5) is 19.3. The largest absolute Gasteiger partial charge is 0.466 e. The van der Waals surface area contributed by atoms with E-state index in [0.717, 1.165) is 54.7 Å². The third-order valence-electron chi connectivity index (χ3n) is 7.28. The number of nitrogens with zero attached hydrogens (tertiary/aromatic N) is 6. The van der Waals surface area contributed by atoms with Crippen LogP contribution in [0.5, 0.6) is 0 Å². The number of carbonyl (C=O) groups is 1. The van der Waals surface area contributed by atoms with Crippen LogP contribution in [0.1, 0.15) is 51.6 Å². The third-order valence-corrected chi connectivity index (χ3v) is 7.28. The monoisotopic (exact) mass is 474 g/mol. The molecular weight excluding hydrogens is 440 g/mol. The van der Waals surface area contributed by atoms with Crippen molar-refractivity contribution in [1.82, 2.24) is 24.5 Å². The Morgan fingerprint density at radius 3 is 2.57 bits per heavy atom. The van der Waals surface area contributed by atoms with E-state index >= 15 is 0 Å². The summed E-state index contributed by atoms with van der Waals surface area (Å²) < 4.78 is 9.10. The van der Waals surface area contributed by atoms with Crippen molar-refractivity contribution in [2.75, 3.05) is 20.7 Å². The predicted octanol–water partition coefficient (Wildman–Crippen LogP) is 5.03. The highest BCUT2D eigenvalue weighted by molar-refractivity contribution is 5.92. The van der Waals surface area contributed by atoms with Gasteiger partial charge in [-0.25, -0.2) is 14.4 Å². The normalized spacial score (nSPS) is 22.1. The standard InChI is InChI=1S/C27H34N6O2/c1-4-35-26(34)14-19-10-12-20(13-11-19)24-15-25(31(2)3)33-27(30-24)23(17-29-33)21-16-28-32(18-21)22-8-6-5-7-9-22/h5-9,16-20,25H,4,10-15H2,1-3H3. The molecule has 35 heavy (non-hydrogen) atoms. The number of fused-ring (bicyclic) bond motifs is 1. The fourth-order valence-corrected chi connectivity index (χ4v) is 5.34.